The minimum absolute atomic E-state index is 0.196. The van der Waals surface area contributed by atoms with Crippen molar-refractivity contribution in [3.63, 3.8) is 0 Å². The van der Waals surface area contributed by atoms with Crippen LogP contribution in [0.1, 0.15) is 23.6 Å². The summed E-state index contributed by atoms with van der Waals surface area (Å²) < 4.78 is 14.2. The zero-order valence-electron chi connectivity index (χ0n) is 12.5. The fourth-order valence-electron chi connectivity index (χ4n) is 2.58. The normalized spacial score (nSPS) is 12.4. The predicted octanol–water partition coefficient (Wildman–Crippen LogP) is 4.66. The van der Waals surface area contributed by atoms with Gasteiger partial charge in [0.15, 0.2) is 0 Å². The van der Waals surface area contributed by atoms with Gasteiger partial charge in [-0.15, -0.1) is 0 Å². The van der Waals surface area contributed by atoms with Gasteiger partial charge in [-0.1, -0.05) is 43.3 Å². The van der Waals surface area contributed by atoms with Crippen LogP contribution in [0.15, 0.2) is 46.9 Å². The van der Waals surface area contributed by atoms with Gasteiger partial charge in [0, 0.05) is 6.04 Å². The van der Waals surface area contributed by atoms with Crippen LogP contribution >= 0.6 is 15.9 Å². The molecular weight excluding hydrogens is 329 g/mol. The van der Waals surface area contributed by atoms with Crippen molar-refractivity contribution < 1.29 is 4.39 Å². The second kappa shape index (κ2) is 7.71. The molecule has 0 amide bonds. The van der Waals surface area contributed by atoms with Gasteiger partial charge in [0.25, 0.3) is 0 Å². The monoisotopic (exact) mass is 349 g/mol. The van der Waals surface area contributed by atoms with E-state index in [1.54, 1.807) is 6.07 Å². The van der Waals surface area contributed by atoms with Gasteiger partial charge >= 0.3 is 0 Å². The maximum atomic E-state index is 13.6. The van der Waals surface area contributed by atoms with E-state index in [2.05, 4.69) is 59.4 Å². The van der Waals surface area contributed by atoms with Gasteiger partial charge in [0.05, 0.1) is 4.47 Å². The van der Waals surface area contributed by atoms with Gasteiger partial charge < -0.3 is 5.32 Å². The third-order valence-corrected chi connectivity index (χ3v) is 4.61. The van der Waals surface area contributed by atoms with Crippen LogP contribution in [-0.4, -0.2) is 12.6 Å². The summed E-state index contributed by atoms with van der Waals surface area (Å²) in [5.74, 6) is -0.196. The van der Waals surface area contributed by atoms with Crippen molar-refractivity contribution in [2.75, 3.05) is 6.54 Å². The first-order valence-corrected chi connectivity index (χ1v) is 8.12. The number of rotatable bonds is 6. The van der Waals surface area contributed by atoms with E-state index >= 15 is 0 Å². The number of hydrogen-bond acceptors (Lipinski definition) is 1. The lowest BCUT2D eigenvalue weighted by atomic mass is 9.96. The molecule has 0 aliphatic rings. The van der Waals surface area contributed by atoms with E-state index in [0.717, 1.165) is 24.9 Å². The van der Waals surface area contributed by atoms with Gasteiger partial charge in [0.2, 0.25) is 0 Å². The van der Waals surface area contributed by atoms with E-state index in [-0.39, 0.29) is 5.82 Å². The Hall–Kier alpha value is -1.19. The molecule has 0 aromatic heterocycles. The Morgan fingerprint density at radius 1 is 1.05 bits per heavy atom. The summed E-state index contributed by atoms with van der Waals surface area (Å²) in [6.07, 6.45) is 1.75. The molecule has 2 aromatic rings. The summed E-state index contributed by atoms with van der Waals surface area (Å²) in [5.41, 5.74) is 3.66. The molecule has 0 aliphatic heterocycles. The molecule has 0 bridgehead atoms. The van der Waals surface area contributed by atoms with Gasteiger partial charge in [0.1, 0.15) is 5.82 Å². The fraction of sp³-hybridized carbons (Fsp3) is 0.333. The molecule has 0 spiro atoms. The van der Waals surface area contributed by atoms with Gasteiger partial charge in [-0.25, -0.2) is 4.39 Å². The van der Waals surface area contributed by atoms with Crippen LogP contribution in [0.5, 0.6) is 0 Å². The van der Waals surface area contributed by atoms with Crippen molar-refractivity contribution in [3.05, 3.63) is 69.4 Å². The zero-order chi connectivity index (χ0) is 15.2. The van der Waals surface area contributed by atoms with Crippen molar-refractivity contribution in [2.45, 2.75) is 32.7 Å². The molecule has 0 saturated heterocycles. The first kappa shape index (κ1) is 16.2. The van der Waals surface area contributed by atoms with E-state index in [1.807, 2.05) is 6.07 Å². The van der Waals surface area contributed by atoms with Crippen LogP contribution in [0.2, 0.25) is 0 Å². The van der Waals surface area contributed by atoms with E-state index in [0.29, 0.717) is 10.5 Å². The second-order valence-corrected chi connectivity index (χ2v) is 6.10. The molecule has 0 radical (unpaired) electrons. The maximum Gasteiger partial charge on any atom is 0.137 e. The molecule has 1 N–H and O–H groups in total. The summed E-state index contributed by atoms with van der Waals surface area (Å²) in [7, 11) is 0. The Morgan fingerprint density at radius 3 is 2.43 bits per heavy atom. The highest BCUT2D eigenvalue weighted by molar-refractivity contribution is 9.10. The molecule has 1 atom stereocenters. The molecule has 0 heterocycles. The molecular formula is C18H21BrFN. The van der Waals surface area contributed by atoms with Crippen LogP contribution in [-0.2, 0) is 12.8 Å². The molecule has 1 unspecified atom stereocenters. The zero-order valence-corrected chi connectivity index (χ0v) is 14.1. The average Bonchev–Trinajstić information content (AvgIpc) is 2.46. The van der Waals surface area contributed by atoms with Crippen LogP contribution in [0.3, 0.4) is 0 Å². The van der Waals surface area contributed by atoms with E-state index < -0.39 is 0 Å². The minimum atomic E-state index is -0.196. The maximum absolute atomic E-state index is 13.6. The van der Waals surface area contributed by atoms with Crippen molar-refractivity contribution in [2.24, 2.45) is 0 Å². The molecule has 3 heteroatoms. The topological polar surface area (TPSA) is 12.0 Å². The first-order chi connectivity index (χ1) is 10.1. The van der Waals surface area contributed by atoms with Crippen LogP contribution in [0.4, 0.5) is 4.39 Å². The van der Waals surface area contributed by atoms with E-state index in [9.17, 15) is 4.39 Å². The van der Waals surface area contributed by atoms with Gasteiger partial charge in [-0.2, -0.15) is 0 Å². The molecule has 0 saturated carbocycles. The van der Waals surface area contributed by atoms with Crippen LogP contribution < -0.4 is 5.32 Å². The summed E-state index contributed by atoms with van der Waals surface area (Å²) in [5, 5.41) is 3.51. The smallest absolute Gasteiger partial charge is 0.137 e. The Morgan fingerprint density at radius 2 is 1.71 bits per heavy atom. The molecule has 112 valence electrons. The lowest BCUT2D eigenvalue weighted by Crippen LogP contribution is -2.33. The number of nitrogens with one attached hydrogen (secondary N) is 1. The van der Waals surface area contributed by atoms with Crippen molar-refractivity contribution >= 4 is 15.9 Å². The summed E-state index contributed by atoms with van der Waals surface area (Å²) in [6.45, 7) is 5.14. The third kappa shape index (κ3) is 4.39. The average molecular weight is 350 g/mol. The van der Waals surface area contributed by atoms with Gasteiger partial charge in [-0.05, 0) is 65.0 Å². The Kier molecular flexibility index (Phi) is 5.95. The fourth-order valence-corrected chi connectivity index (χ4v) is 3.01. The highest BCUT2D eigenvalue weighted by Crippen LogP contribution is 2.22. The van der Waals surface area contributed by atoms with Crippen LogP contribution in [0, 0.1) is 12.7 Å². The third-order valence-electron chi connectivity index (χ3n) is 3.72. The molecule has 1 nitrogen and oxygen atoms in total. The standard InChI is InChI=1S/C18H21BrFN/c1-3-21-16(11-14-8-5-4-7-13(14)2)12-15-9-6-10-17(20)18(15)19/h4-10,16,21H,3,11-12H2,1-2H3. The number of benzene rings is 2. The Bertz CT molecular complexity index is 598. The largest absolute Gasteiger partial charge is 0.314 e. The highest BCUT2D eigenvalue weighted by Gasteiger charge is 2.14. The molecule has 21 heavy (non-hydrogen) atoms. The van der Waals surface area contributed by atoms with E-state index in [4.69, 9.17) is 0 Å². The van der Waals surface area contributed by atoms with Crippen molar-refractivity contribution in [1.82, 2.24) is 5.32 Å². The molecule has 2 rings (SSSR count). The number of likely N-dealkylation sites (N-methyl/N-ethyl adjacent to an activating group) is 1. The Labute approximate surface area is 134 Å². The highest BCUT2D eigenvalue weighted by atomic mass is 79.9. The SMILES string of the molecule is CCNC(Cc1ccccc1C)Cc1cccc(F)c1Br. The Balaban J connectivity index is 2.16. The summed E-state index contributed by atoms with van der Waals surface area (Å²) >= 11 is 3.36. The van der Waals surface area contributed by atoms with Crippen LogP contribution in [0.25, 0.3) is 0 Å². The number of hydrogen-bond donors (Lipinski definition) is 1. The van der Waals surface area contributed by atoms with Gasteiger partial charge in [-0.3, -0.25) is 0 Å². The minimum Gasteiger partial charge on any atom is -0.314 e. The second-order valence-electron chi connectivity index (χ2n) is 5.30. The lowest BCUT2D eigenvalue weighted by Gasteiger charge is -2.20. The summed E-state index contributed by atoms with van der Waals surface area (Å²) in [4.78, 5) is 0. The number of halogens is 2. The first-order valence-electron chi connectivity index (χ1n) is 7.32. The lowest BCUT2D eigenvalue weighted by molar-refractivity contribution is 0.517. The molecule has 2 aromatic carbocycles. The van der Waals surface area contributed by atoms with Crippen molar-refractivity contribution in [3.8, 4) is 0 Å². The predicted molar refractivity (Wildman–Crippen MR) is 90.2 cm³/mol. The number of aryl methyl sites for hydroxylation is 1. The van der Waals surface area contributed by atoms with E-state index in [1.165, 1.54) is 17.2 Å². The van der Waals surface area contributed by atoms with Crippen molar-refractivity contribution in [1.29, 1.82) is 0 Å². The molecule has 0 aliphatic carbocycles. The quantitative estimate of drug-likeness (QED) is 0.799. The summed E-state index contributed by atoms with van der Waals surface area (Å²) in [6, 6.07) is 14.0. The molecule has 0 fully saturated rings.